The van der Waals surface area contributed by atoms with Crippen LogP contribution in [0, 0.1) is 5.92 Å². The number of amides is 1. The van der Waals surface area contributed by atoms with Crippen molar-refractivity contribution in [2.24, 2.45) is 5.92 Å². The predicted molar refractivity (Wildman–Crippen MR) is 99.0 cm³/mol. The van der Waals surface area contributed by atoms with E-state index in [4.69, 9.17) is 16.0 Å². The van der Waals surface area contributed by atoms with Gasteiger partial charge in [-0.3, -0.25) is 4.79 Å². The van der Waals surface area contributed by atoms with Crippen LogP contribution in [0.25, 0.3) is 11.0 Å². The molecule has 0 bridgehead atoms. The van der Waals surface area contributed by atoms with Crippen LogP contribution in [0.5, 0.6) is 0 Å². The molecule has 0 saturated carbocycles. The standard InChI is InChI=1S/C20H18ClNO3/c1-12(2)18(13-7-9-15(21)10-8-13)22-19(23)16-11-14-5-3-4-6-17(14)25-20(16)24/h3-12,18H,1-2H3,(H,22,23). The molecule has 1 heterocycles. The number of nitrogens with one attached hydrogen (secondary N) is 1. The Bertz CT molecular complexity index is 961. The maximum atomic E-state index is 12.7. The van der Waals surface area contributed by atoms with Crippen molar-refractivity contribution in [1.82, 2.24) is 5.32 Å². The molecule has 1 aromatic heterocycles. The first-order chi connectivity index (χ1) is 12.0. The third-order valence-corrected chi connectivity index (χ3v) is 4.32. The molecule has 0 aliphatic rings. The fourth-order valence-electron chi connectivity index (χ4n) is 2.74. The Morgan fingerprint density at radius 3 is 2.44 bits per heavy atom. The summed E-state index contributed by atoms with van der Waals surface area (Å²) in [5.41, 5.74) is 0.744. The Hall–Kier alpha value is -2.59. The lowest BCUT2D eigenvalue weighted by molar-refractivity contribution is 0.0922. The monoisotopic (exact) mass is 355 g/mol. The zero-order valence-corrected chi connectivity index (χ0v) is 14.7. The van der Waals surface area contributed by atoms with Gasteiger partial charge in [0.25, 0.3) is 5.91 Å². The lowest BCUT2D eigenvalue weighted by Crippen LogP contribution is -2.34. The quantitative estimate of drug-likeness (QED) is 0.697. The molecular formula is C20H18ClNO3. The van der Waals surface area contributed by atoms with Crippen molar-refractivity contribution >= 4 is 28.5 Å². The number of fused-ring (bicyclic) bond motifs is 1. The van der Waals surface area contributed by atoms with Crippen LogP contribution in [0.15, 0.2) is 63.8 Å². The lowest BCUT2D eigenvalue weighted by atomic mass is 9.95. The molecule has 0 radical (unpaired) electrons. The van der Waals surface area contributed by atoms with E-state index in [0.29, 0.717) is 16.0 Å². The second-order valence-electron chi connectivity index (χ2n) is 6.23. The minimum Gasteiger partial charge on any atom is -0.422 e. The van der Waals surface area contributed by atoms with Crippen molar-refractivity contribution in [3.8, 4) is 0 Å². The Kier molecular flexibility index (Phi) is 4.91. The highest BCUT2D eigenvalue weighted by Crippen LogP contribution is 2.24. The van der Waals surface area contributed by atoms with E-state index in [9.17, 15) is 9.59 Å². The van der Waals surface area contributed by atoms with Gasteiger partial charge in [-0.1, -0.05) is 55.8 Å². The Labute approximate surface area is 150 Å². The molecule has 0 fully saturated rings. The van der Waals surface area contributed by atoms with Gasteiger partial charge in [-0.2, -0.15) is 0 Å². The van der Waals surface area contributed by atoms with Crippen molar-refractivity contribution in [2.45, 2.75) is 19.9 Å². The number of hydrogen-bond acceptors (Lipinski definition) is 3. The van der Waals surface area contributed by atoms with Gasteiger partial charge in [-0.25, -0.2) is 4.79 Å². The van der Waals surface area contributed by atoms with E-state index >= 15 is 0 Å². The van der Waals surface area contributed by atoms with Gasteiger partial charge in [-0.15, -0.1) is 0 Å². The summed E-state index contributed by atoms with van der Waals surface area (Å²) in [6.07, 6.45) is 0. The van der Waals surface area contributed by atoms with Gasteiger partial charge in [0.2, 0.25) is 0 Å². The molecule has 0 aliphatic heterocycles. The fourth-order valence-corrected chi connectivity index (χ4v) is 2.87. The molecule has 2 aromatic carbocycles. The summed E-state index contributed by atoms with van der Waals surface area (Å²) in [4.78, 5) is 24.8. The van der Waals surface area contributed by atoms with E-state index in [2.05, 4.69) is 5.32 Å². The summed E-state index contributed by atoms with van der Waals surface area (Å²) in [5, 5.41) is 4.27. The van der Waals surface area contributed by atoms with Gasteiger partial charge in [0.05, 0.1) is 6.04 Å². The van der Waals surface area contributed by atoms with E-state index in [1.807, 2.05) is 32.0 Å². The van der Waals surface area contributed by atoms with Gasteiger partial charge in [0.1, 0.15) is 11.1 Å². The van der Waals surface area contributed by atoms with Crippen LogP contribution in [0.2, 0.25) is 5.02 Å². The van der Waals surface area contributed by atoms with Crippen LogP contribution in [-0.2, 0) is 0 Å². The lowest BCUT2D eigenvalue weighted by Gasteiger charge is -2.23. The summed E-state index contributed by atoms with van der Waals surface area (Å²) in [7, 11) is 0. The van der Waals surface area contributed by atoms with Crippen LogP contribution < -0.4 is 10.9 Å². The number of para-hydroxylation sites is 1. The van der Waals surface area contributed by atoms with Gasteiger partial charge in [-0.05, 0) is 35.7 Å². The molecule has 1 N–H and O–H groups in total. The summed E-state index contributed by atoms with van der Waals surface area (Å²) < 4.78 is 5.24. The van der Waals surface area contributed by atoms with E-state index < -0.39 is 11.5 Å². The summed E-state index contributed by atoms with van der Waals surface area (Å²) in [6.45, 7) is 4.00. The van der Waals surface area contributed by atoms with Crippen molar-refractivity contribution in [3.05, 3.63) is 81.2 Å². The molecule has 3 aromatic rings. The van der Waals surface area contributed by atoms with E-state index in [1.54, 1.807) is 36.4 Å². The average molecular weight is 356 g/mol. The highest BCUT2D eigenvalue weighted by Gasteiger charge is 2.21. The topological polar surface area (TPSA) is 59.3 Å². The molecule has 0 aliphatic carbocycles. The molecule has 3 rings (SSSR count). The molecule has 1 atom stereocenters. The van der Waals surface area contributed by atoms with Gasteiger partial charge < -0.3 is 9.73 Å². The normalized spacial score (nSPS) is 12.3. The van der Waals surface area contributed by atoms with Crippen LogP contribution >= 0.6 is 11.6 Å². The van der Waals surface area contributed by atoms with Crippen LogP contribution in [0.3, 0.4) is 0 Å². The number of hydrogen-bond donors (Lipinski definition) is 1. The molecule has 1 unspecified atom stereocenters. The predicted octanol–water partition coefficient (Wildman–Crippen LogP) is 4.57. The van der Waals surface area contributed by atoms with Crippen LogP contribution in [0.4, 0.5) is 0 Å². The smallest absolute Gasteiger partial charge is 0.349 e. The molecule has 5 heteroatoms. The first-order valence-electron chi connectivity index (χ1n) is 8.05. The third-order valence-electron chi connectivity index (χ3n) is 4.07. The Balaban J connectivity index is 1.93. The molecule has 0 spiro atoms. The second kappa shape index (κ2) is 7.11. The molecule has 1 amide bonds. The van der Waals surface area contributed by atoms with E-state index in [0.717, 1.165) is 5.56 Å². The molecule has 25 heavy (non-hydrogen) atoms. The summed E-state index contributed by atoms with van der Waals surface area (Å²) in [6, 6.07) is 15.7. The molecule has 4 nitrogen and oxygen atoms in total. The molecule has 0 saturated heterocycles. The average Bonchev–Trinajstić information content (AvgIpc) is 2.59. The molecular weight excluding hydrogens is 338 g/mol. The second-order valence-corrected chi connectivity index (χ2v) is 6.67. The van der Waals surface area contributed by atoms with Crippen molar-refractivity contribution in [1.29, 1.82) is 0 Å². The Morgan fingerprint density at radius 1 is 1.08 bits per heavy atom. The first-order valence-corrected chi connectivity index (χ1v) is 8.42. The zero-order chi connectivity index (χ0) is 18.0. The number of halogens is 1. The largest absolute Gasteiger partial charge is 0.422 e. The number of carbonyl (C=O) groups is 1. The molecule has 128 valence electrons. The Morgan fingerprint density at radius 2 is 1.76 bits per heavy atom. The highest BCUT2D eigenvalue weighted by atomic mass is 35.5. The fraction of sp³-hybridized carbons (Fsp3) is 0.200. The van der Waals surface area contributed by atoms with Crippen molar-refractivity contribution in [2.75, 3.05) is 0 Å². The van der Waals surface area contributed by atoms with Crippen molar-refractivity contribution in [3.63, 3.8) is 0 Å². The number of rotatable bonds is 4. The zero-order valence-electron chi connectivity index (χ0n) is 14.0. The SMILES string of the molecule is CC(C)C(NC(=O)c1cc2ccccc2oc1=O)c1ccc(Cl)cc1. The number of carbonyl (C=O) groups excluding carboxylic acids is 1. The summed E-state index contributed by atoms with van der Waals surface area (Å²) in [5.74, 6) is -0.314. The minimum atomic E-state index is -0.644. The number of benzene rings is 2. The van der Waals surface area contributed by atoms with Crippen LogP contribution in [-0.4, -0.2) is 5.91 Å². The van der Waals surface area contributed by atoms with E-state index in [-0.39, 0.29) is 17.5 Å². The first kappa shape index (κ1) is 17.2. The van der Waals surface area contributed by atoms with Gasteiger partial charge in [0.15, 0.2) is 0 Å². The van der Waals surface area contributed by atoms with Crippen molar-refractivity contribution < 1.29 is 9.21 Å². The third kappa shape index (κ3) is 3.74. The highest BCUT2D eigenvalue weighted by molar-refractivity contribution is 6.30. The maximum absolute atomic E-state index is 12.7. The minimum absolute atomic E-state index is 0.00156. The van der Waals surface area contributed by atoms with Gasteiger partial charge in [0, 0.05) is 10.4 Å². The summed E-state index contributed by atoms with van der Waals surface area (Å²) >= 11 is 5.93. The van der Waals surface area contributed by atoms with Gasteiger partial charge >= 0.3 is 5.63 Å². The maximum Gasteiger partial charge on any atom is 0.349 e. The van der Waals surface area contributed by atoms with Crippen LogP contribution in [0.1, 0.15) is 35.8 Å². The van der Waals surface area contributed by atoms with E-state index in [1.165, 1.54) is 0 Å².